The van der Waals surface area contributed by atoms with E-state index in [2.05, 4.69) is 35.1 Å². The molecule has 0 radical (unpaired) electrons. The molecule has 0 unspecified atom stereocenters. The molecule has 0 spiro atoms. The van der Waals surface area contributed by atoms with E-state index in [0.717, 1.165) is 10.9 Å². The molecule has 1 amide bonds. The summed E-state index contributed by atoms with van der Waals surface area (Å²) < 4.78 is 6.22. The summed E-state index contributed by atoms with van der Waals surface area (Å²) >= 11 is 3.31. The van der Waals surface area contributed by atoms with Gasteiger partial charge in [-0.05, 0) is 37.5 Å². The molecular weight excluding hydrogens is 322 g/mol. The fourth-order valence-electron chi connectivity index (χ4n) is 1.60. The highest BCUT2D eigenvalue weighted by molar-refractivity contribution is 9.10. The number of benzene rings is 1. The third-order valence-electron chi connectivity index (χ3n) is 2.72. The van der Waals surface area contributed by atoms with E-state index < -0.39 is 0 Å². The number of ketones is 1. The molecule has 1 aromatic carbocycles. The first-order valence-corrected chi connectivity index (χ1v) is 7.39. The summed E-state index contributed by atoms with van der Waals surface area (Å²) in [5, 5.41) is 2.79. The van der Waals surface area contributed by atoms with Gasteiger partial charge in [-0.3, -0.25) is 9.59 Å². The molecule has 0 heterocycles. The lowest BCUT2D eigenvalue weighted by Crippen LogP contribution is -2.30. The van der Waals surface area contributed by atoms with Crippen LogP contribution in [0.3, 0.4) is 0 Å². The summed E-state index contributed by atoms with van der Waals surface area (Å²) in [5.41, 5.74) is 0.467. The second-order valence-electron chi connectivity index (χ2n) is 5.02. The van der Waals surface area contributed by atoms with Crippen LogP contribution < -0.4 is 10.1 Å². The van der Waals surface area contributed by atoms with Crippen molar-refractivity contribution >= 4 is 27.6 Å². The lowest BCUT2D eigenvalue weighted by atomic mass is 10.1. The Morgan fingerprint density at radius 3 is 2.65 bits per heavy atom. The van der Waals surface area contributed by atoms with Gasteiger partial charge in [0.25, 0.3) is 5.91 Å². The van der Waals surface area contributed by atoms with Crippen LogP contribution in [0, 0.1) is 5.92 Å². The number of halogens is 1. The SMILES string of the molecule is CC(=O)c1cc(Br)ccc1OCC(=O)NCCC(C)C. The molecule has 0 aliphatic heterocycles. The average Bonchev–Trinajstić information content (AvgIpc) is 2.36. The predicted molar refractivity (Wildman–Crippen MR) is 82.1 cm³/mol. The maximum atomic E-state index is 11.6. The molecule has 0 saturated carbocycles. The first-order chi connectivity index (χ1) is 9.40. The van der Waals surface area contributed by atoms with Crippen LogP contribution in [0.5, 0.6) is 5.75 Å². The van der Waals surface area contributed by atoms with Crippen LogP contribution in [0.2, 0.25) is 0 Å². The van der Waals surface area contributed by atoms with Crippen molar-refractivity contribution in [2.24, 2.45) is 5.92 Å². The number of rotatable bonds is 7. The quantitative estimate of drug-likeness (QED) is 0.775. The molecule has 0 atom stereocenters. The zero-order valence-electron chi connectivity index (χ0n) is 12.0. The standard InChI is InChI=1S/C15H20BrNO3/c1-10(2)6-7-17-15(19)9-20-14-5-4-12(16)8-13(14)11(3)18/h4-5,8,10H,6-7,9H2,1-3H3,(H,17,19). The molecular formula is C15H20BrNO3. The Morgan fingerprint density at radius 2 is 2.05 bits per heavy atom. The number of Topliss-reactive ketones (excluding diaryl/α,β-unsaturated/α-hetero) is 1. The normalized spacial score (nSPS) is 10.4. The summed E-state index contributed by atoms with van der Waals surface area (Å²) in [6.45, 7) is 6.23. The summed E-state index contributed by atoms with van der Waals surface area (Å²) in [6, 6.07) is 5.15. The fraction of sp³-hybridized carbons (Fsp3) is 0.467. The number of nitrogens with one attached hydrogen (secondary N) is 1. The van der Waals surface area contributed by atoms with Crippen molar-refractivity contribution in [2.75, 3.05) is 13.2 Å². The van der Waals surface area contributed by atoms with E-state index in [1.54, 1.807) is 18.2 Å². The van der Waals surface area contributed by atoms with Crippen LogP contribution >= 0.6 is 15.9 Å². The Labute approximate surface area is 128 Å². The Hall–Kier alpha value is -1.36. The molecule has 0 saturated heterocycles. The van der Waals surface area contributed by atoms with E-state index in [4.69, 9.17) is 4.74 Å². The number of amides is 1. The monoisotopic (exact) mass is 341 g/mol. The van der Waals surface area contributed by atoms with Crippen LogP contribution in [-0.2, 0) is 4.79 Å². The van der Waals surface area contributed by atoms with E-state index >= 15 is 0 Å². The summed E-state index contributed by atoms with van der Waals surface area (Å²) in [4.78, 5) is 23.1. The minimum Gasteiger partial charge on any atom is -0.483 e. The van der Waals surface area contributed by atoms with Crippen molar-refractivity contribution < 1.29 is 14.3 Å². The van der Waals surface area contributed by atoms with E-state index in [9.17, 15) is 9.59 Å². The van der Waals surface area contributed by atoms with E-state index in [0.29, 0.717) is 23.8 Å². The molecule has 1 aromatic rings. The van der Waals surface area contributed by atoms with Gasteiger partial charge in [0.1, 0.15) is 5.75 Å². The third kappa shape index (κ3) is 5.74. The molecule has 110 valence electrons. The van der Waals surface area contributed by atoms with Crippen molar-refractivity contribution in [1.29, 1.82) is 0 Å². The van der Waals surface area contributed by atoms with Gasteiger partial charge in [0.15, 0.2) is 12.4 Å². The van der Waals surface area contributed by atoms with Gasteiger partial charge in [-0.2, -0.15) is 0 Å². The molecule has 0 aliphatic rings. The van der Waals surface area contributed by atoms with Crippen molar-refractivity contribution in [1.82, 2.24) is 5.32 Å². The predicted octanol–water partition coefficient (Wildman–Crippen LogP) is 3.19. The minimum atomic E-state index is -0.178. The van der Waals surface area contributed by atoms with Crippen molar-refractivity contribution in [3.63, 3.8) is 0 Å². The number of carbonyl (C=O) groups is 2. The first-order valence-electron chi connectivity index (χ1n) is 6.60. The highest BCUT2D eigenvalue weighted by atomic mass is 79.9. The Kier molecular flexibility index (Phi) is 6.71. The molecule has 4 nitrogen and oxygen atoms in total. The zero-order chi connectivity index (χ0) is 15.1. The topological polar surface area (TPSA) is 55.4 Å². The van der Waals surface area contributed by atoms with E-state index in [1.807, 2.05) is 0 Å². The molecule has 0 bridgehead atoms. The Morgan fingerprint density at radius 1 is 1.35 bits per heavy atom. The molecule has 1 rings (SSSR count). The maximum Gasteiger partial charge on any atom is 0.257 e. The van der Waals surface area contributed by atoms with E-state index in [-0.39, 0.29) is 18.3 Å². The summed E-state index contributed by atoms with van der Waals surface area (Å²) in [5.74, 6) is 0.705. The van der Waals surface area contributed by atoms with Gasteiger partial charge < -0.3 is 10.1 Å². The van der Waals surface area contributed by atoms with Crippen LogP contribution in [0.25, 0.3) is 0 Å². The third-order valence-corrected chi connectivity index (χ3v) is 3.22. The van der Waals surface area contributed by atoms with Crippen LogP contribution in [0.1, 0.15) is 37.6 Å². The Bertz CT molecular complexity index is 486. The number of ether oxygens (including phenoxy) is 1. The number of carbonyl (C=O) groups excluding carboxylic acids is 2. The molecule has 5 heteroatoms. The lowest BCUT2D eigenvalue weighted by Gasteiger charge is -2.11. The molecule has 1 N–H and O–H groups in total. The van der Waals surface area contributed by atoms with Crippen molar-refractivity contribution in [3.05, 3.63) is 28.2 Å². The summed E-state index contributed by atoms with van der Waals surface area (Å²) in [7, 11) is 0. The fourth-order valence-corrected chi connectivity index (χ4v) is 1.96. The Balaban J connectivity index is 2.53. The summed E-state index contributed by atoms with van der Waals surface area (Å²) in [6.07, 6.45) is 0.933. The van der Waals surface area contributed by atoms with Gasteiger partial charge in [-0.1, -0.05) is 29.8 Å². The molecule has 0 fully saturated rings. The number of hydrogen-bond acceptors (Lipinski definition) is 3. The minimum absolute atomic E-state index is 0.0833. The highest BCUT2D eigenvalue weighted by Gasteiger charge is 2.11. The van der Waals surface area contributed by atoms with Gasteiger partial charge in [-0.15, -0.1) is 0 Å². The molecule has 20 heavy (non-hydrogen) atoms. The van der Waals surface area contributed by atoms with Gasteiger partial charge >= 0.3 is 0 Å². The van der Waals surface area contributed by atoms with Crippen LogP contribution in [-0.4, -0.2) is 24.8 Å². The van der Waals surface area contributed by atoms with Gasteiger partial charge in [0, 0.05) is 11.0 Å². The second-order valence-corrected chi connectivity index (χ2v) is 5.93. The second kappa shape index (κ2) is 8.04. The van der Waals surface area contributed by atoms with Crippen LogP contribution in [0.15, 0.2) is 22.7 Å². The maximum absolute atomic E-state index is 11.6. The lowest BCUT2D eigenvalue weighted by molar-refractivity contribution is -0.123. The largest absolute Gasteiger partial charge is 0.483 e. The van der Waals surface area contributed by atoms with Gasteiger partial charge in [0.2, 0.25) is 0 Å². The first kappa shape index (κ1) is 16.7. The average molecular weight is 342 g/mol. The van der Waals surface area contributed by atoms with Gasteiger partial charge in [-0.25, -0.2) is 0 Å². The zero-order valence-corrected chi connectivity index (χ0v) is 13.6. The van der Waals surface area contributed by atoms with Crippen molar-refractivity contribution in [2.45, 2.75) is 27.2 Å². The van der Waals surface area contributed by atoms with E-state index in [1.165, 1.54) is 6.92 Å². The van der Waals surface area contributed by atoms with Gasteiger partial charge in [0.05, 0.1) is 5.56 Å². The number of hydrogen-bond donors (Lipinski definition) is 1. The smallest absolute Gasteiger partial charge is 0.257 e. The molecule has 0 aliphatic carbocycles. The van der Waals surface area contributed by atoms with Crippen molar-refractivity contribution in [3.8, 4) is 5.75 Å². The molecule has 0 aromatic heterocycles. The van der Waals surface area contributed by atoms with Crippen LogP contribution in [0.4, 0.5) is 0 Å². The highest BCUT2D eigenvalue weighted by Crippen LogP contribution is 2.23.